The van der Waals surface area contributed by atoms with Crippen molar-refractivity contribution in [1.82, 2.24) is 10.2 Å². The number of nitrogens with zero attached hydrogens (tertiary/aromatic N) is 1. The Labute approximate surface area is 233 Å². The molecule has 6 rings (SSSR count). The Balaban J connectivity index is 1.31. The molecule has 210 valence electrons. The van der Waals surface area contributed by atoms with Gasteiger partial charge < -0.3 is 29.7 Å². The van der Waals surface area contributed by atoms with E-state index in [2.05, 4.69) is 10.6 Å². The average molecular weight is 546 g/mol. The van der Waals surface area contributed by atoms with E-state index in [9.17, 15) is 14.4 Å². The first kappa shape index (κ1) is 26.4. The summed E-state index contributed by atoms with van der Waals surface area (Å²) in [5.41, 5.74) is 0.218. The lowest BCUT2D eigenvalue weighted by Gasteiger charge is -2.34. The first-order valence-electron chi connectivity index (χ1n) is 14.0. The molecule has 1 saturated carbocycles. The van der Waals surface area contributed by atoms with E-state index in [1.54, 1.807) is 43.4 Å². The lowest BCUT2D eigenvalue weighted by molar-refractivity contribution is -0.142. The molecule has 40 heavy (non-hydrogen) atoms. The van der Waals surface area contributed by atoms with E-state index >= 15 is 0 Å². The predicted octanol–water partition coefficient (Wildman–Crippen LogP) is 3.44. The number of likely N-dealkylation sites (tertiary alicyclic amines) is 1. The number of ether oxygens (including phenoxy) is 3. The van der Waals surface area contributed by atoms with Gasteiger partial charge in [-0.1, -0.05) is 43.5 Å². The Morgan fingerprint density at radius 2 is 1.75 bits per heavy atom. The Kier molecular flexibility index (Phi) is 7.00. The van der Waals surface area contributed by atoms with E-state index in [-0.39, 0.29) is 30.3 Å². The average Bonchev–Trinajstić information content (AvgIpc) is 3.61. The quantitative estimate of drug-likeness (QED) is 0.493. The zero-order chi connectivity index (χ0) is 27.9. The highest BCUT2D eigenvalue weighted by molar-refractivity contribution is 6.02. The minimum absolute atomic E-state index is 0.0715. The van der Waals surface area contributed by atoms with Gasteiger partial charge in [-0.15, -0.1) is 0 Å². The van der Waals surface area contributed by atoms with Crippen molar-refractivity contribution in [1.29, 1.82) is 0 Å². The van der Waals surface area contributed by atoms with Gasteiger partial charge in [-0.25, -0.2) is 0 Å². The second-order valence-corrected chi connectivity index (χ2v) is 11.1. The summed E-state index contributed by atoms with van der Waals surface area (Å²) >= 11 is 0. The van der Waals surface area contributed by atoms with Gasteiger partial charge in [-0.2, -0.15) is 0 Å². The third-order valence-electron chi connectivity index (χ3n) is 8.72. The fraction of sp³-hybridized carbons (Fsp3) is 0.452. The molecule has 2 N–H and O–H groups in total. The zero-order valence-corrected chi connectivity index (χ0v) is 22.8. The molecular weight excluding hydrogens is 510 g/mol. The number of rotatable bonds is 8. The summed E-state index contributed by atoms with van der Waals surface area (Å²) in [7, 11) is 3.17. The number of hydrogen-bond donors (Lipinski definition) is 2. The van der Waals surface area contributed by atoms with E-state index in [0.29, 0.717) is 17.2 Å². The van der Waals surface area contributed by atoms with Crippen molar-refractivity contribution in [2.75, 3.05) is 19.5 Å². The summed E-state index contributed by atoms with van der Waals surface area (Å²) in [6, 6.07) is 13.7. The van der Waals surface area contributed by atoms with E-state index in [0.717, 1.165) is 31.2 Å². The molecule has 0 unspecified atom stereocenters. The first-order valence-corrected chi connectivity index (χ1v) is 14.0. The van der Waals surface area contributed by atoms with Crippen molar-refractivity contribution in [3.05, 3.63) is 66.2 Å². The monoisotopic (exact) mass is 545 g/mol. The van der Waals surface area contributed by atoms with Crippen LogP contribution in [0.4, 0.5) is 5.69 Å². The van der Waals surface area contributed by atoms with Gasteiger partial charge in [0.05, 0.1) is 32.2 Å². The second kappa shape index (κ2) is 10.6. The highest BCUT2D eigenvalue weighted by Gasteiger charge is 2.72. The number of benzene rings is 2. The van der Waals surface area contributed by atoms with Crippen LogP contribution in [0.1, 0.15) is 37.7 Å². The van der Waals surface area contributed by atoms with E-state index < -0.39 is 29.6 Å². The number of carbonyl (C=O) groups is 3. The molecule has 1 spiro atoms. The van der Waals surface area contributed by atoms with Gasteiger partial charge in [0.15, 0.2) is 0 Å². The number of fused-ring (bicyclic) bond motifs is 1. The molecule has 2 aromatic carbocycles. The van der Waals surface area contributed by atoms with E-state index in [1.165, 1.54) is 6.42 Å². The molecule has 2 aromatic rings. The van der Waals surface area contributed by atoms with E-state index in [4.69, 9.17) is 14.2 Å². The van der Waals surface area contributed by atoms with Crippen molar-refractivity contribution in [3.8, 4) is 11.5 Å². The number of anilines is 1. The molecule has 3 heterocycles. The molecule has 2 saturated heterocycles. The third kappa shape index (κ3) is 4.52. The summed E-state index contributed by atoms with van der Waals surface area (Å²) < 4.78 is 17.1. The number of amides is 3. The van der Waals surface area contributed by atoms with Gasteiger partial charge in [0, 0.05) is 18.3 Å². The van der Waals surface area contributed by atoms with Gasteiger partial charge in [0.1, 0.15) is 23.1 Å². The lowest BCUT2D eigenvalue weighted by Crippen LogP contribution is -2.56. The Morgan fingerprint density at radius 3 is 2.48 bits per heavy atom. The standard InChI is InChI=1S/C31H35N3O6/c1-38-22-13-11-21(12-14-22)32-28(35)25-24-15-16-31(40-24)26(25)30(37)34(18-19-7-6-10-23(17-19)39-2)27(31)29(36)33-20-8-4-3-5-9-20/h6-7,10-17,20,24-27H,3-5,8-9,18H2,1-2H3,(H,32,35)(H,33,36)/t24-,25-,26-,27+,31-/m0/s1. The molecular formula is C31H35N3O6. The molecule has 5 atom stereocenters. The largest absolute Gasteiger partial charge is 0.497 e. The molecule has 0 aromatic heterocycles. The van der Waals surface area contributed by atoms with Crippen LogP contribution in [-0.4, -0.2) is 60.6 Å². The molecule has 1 aliphatic carbocycles. The number of carbonyl (C=O) groups excluding carboxylic acids is 3. The number of nitrogens with one attached hydrogen (secondary N) is 2. The zero-order valence-electron chi connectivity index (χ0n) is 22.8. The lowest BCUT2D eigenvalue weighted by atomic mass is 9.74. The van der Waals surface area contributed by atoms with Crippen molar-refractivity contribution >= 4 is 23.4 Å². The molecule has 9 nitrogen and oxygen atoms in total. The Hall–Kier alpha value is -3.85. The summed E-state index contributed by atoms with van der Waals surface area (Å²) in [5, 5.41) is 6.16. The summed E-state index contributed by atoms with van der Waals surface area (Å²) in [4.78, 5) is 43.4. The molecule has 2 bridgehead atoms. The van der Waals surface area contributed by atoms with Crippen LogP contribution in [0.3, 0.4) is 0 Å². The summed E-state index contributed by atoms with van der Waals surface area (Å²) in [5.74, 6) is -1.03. The molecule has 0 radical (unpaired) electrons. The summed E-state index contributed by atoms with van der Waals surface area (Å²) in [6.07, 6.45) is 8.24. The smallest absolute Gasteiger partial charge is 0.246 e. The maximum Gasteiger partial charge on any atom is 0.246 e. The van der Waals surface area contributed by atoms with Crippen molar-refractivity contribution in [2.24, 2.45) is 11.8 Å². The van der Waals surface area contributed by atoms with E-state index in [1.807, 2.05) is 36.4 Å². The van der Waals surface area contributed by atoms with Crippen LogP contribution in [0, 0.1) is 11.8 Å². The molecule has 4 aliphatic rings. The minimum Gasteiger partial charge on any atom is -0.497 e. The fourth-order valence-corrected chi connectivity index (χ4v) is 6.83. The normalized spacial score (nSPS) is 28.9. The van der Waals surface area contributed by atoms with Gasteiger partial charge in [-0.05, 0) is 54.8 Å². The first-order chi connectivity index (χ1) is 19.4. The van der Waals surface area contributed by atoms with Gasteiger partial charge in [0.2, 0.25) is 17.7 Å². The van der Waals surface area contributed by atoms with Gasteiger partial charge in [0.25, 0.3) is 0 Å². The highest BCUT2D eigenvalue weighted by Crippen LogP contribution is 2.55. The summed E-state index contributed by atoms with van der Waals surface area (Å²) in [6.45, 7) is 0.200. The fourth-order valence-electron chi connectivity index (χ4n) is 6.83. The minimum atomic E-state index is -1.21. The molecule has 3 aliphatic heterocycles. The number of methoxy groups -OCH3 is 2. The van der Waals surface area contributed by atoms with Crippen LogP contribution >= 0.6 is 0 Å². The van der Waals surface area contributed by atoms with Crippen LogP contribution in [0.25, 0.3) is 0 Å². The maximum atomic E-state index is 14.2. The SMILES string of the molecule is COc1ccc(NC(=O)[C@H]2[C@@H]3C=C[C@]4(O3)[C@@H]2C(=O)N(Cc2cccc(OC)c2)[C@@H]4C(=O)NC2CCCCC2)cc1. The maximum absolute atomic E-state index is 14.2. The Bertz CT molecular complexity index is 1320. The van der Waals surface area contributed by atoms with Crippen LogP contribution in [0.2, 0.25) is 0 Å². The second-order valence-electron chi connectivity index (χ2n) is 11.1. The van der Waals surface area contributed by atoms with Crippen LogP contribution in [0.5, 0.6) is 11.5 Å². The Morgan fingerprint density at radius 1 is 1.00 bits per heavy atom. The van der Waals surface area contributed by atoms with Crippen LogP contribution in [0.15, 0.2) is 60.7 Å². The van der Waals surface area contributed by atoms with Crippen molar-refractivity contribution in [2.45, 2.75) is 62.4 Å². The van der Waals surface area contributed by atoms with Gasteiger partial charge in [-0.3, -0.25) is 14.4 Å². The predicted molar refractivity (Wildman–Crippen MR) is 148 cm³/mol. The molecule has 3 amide bonds. The number of hydrogen-bond acceptors (Lipinski definition) is 6. The van der Waals surface area contributed by atoms with Gasteiger partial charge >= 0.3 is 0 Å². The van der Waals surface area contributed by atoms with Crippen LogP contribution < -0.4 is 20.1 Å². The molecule has 3 fully saturated rings. The highest BCUT2D eigenvalue weighted by atomic mass is 16.5. The van der Waals surface area contributed by atoms with Crippen molar-refractivity contribution < 1.29 is 28.6 Å². The topological polar surface area (TPSA) is 106 Å². The molecule has 9 heteroatoms. The third-order valence-corrected chi connectivity index (χ3v) is 8.72. The van der Waals surface area contributed by atoms with Crippen LogP contribution in [-0.2, 0) is 25.7 Å². The van der Waals surface area contributed by atoms with Crippen molar-refractivity contribution in [3.63, 3.8) is 0 Å².